The Morgan fingerprint density at radius 1 is 1.07 bits per heavy atom. The van der Waals surface area contributed by atoms with Gasteiger partial charge < -0.3 is 10.2 Å². The van der Waals surface area contributed by atoms with E-state index in [9.17, 15) is 9.59 Å². The third-order valence-electron chi connectivity index (χ3n) is 5.35. The summed E-state index contributed by atoms with van der Waals surface area (Å²) in [4.78, 5) is 27.6. The van der Waals surface area contributed by atoms with E-state index in [1.165, 1.54) is 11.1 Å². The fraction of sp³-hybridized carbons (Fsp3) is 0.440. The molecule has 0 aromatic heterocycles. The SMILES string of the molecule is CC[C@H](C)NC(=O)[C@H](C)N(Cc1cccc(C)c1)C(=O)CSCc1ccccc1C. The number of amides is 2. The summed E-state index contributed by atoms with van der Waals surface area (Å²) in [5.74, 6) is 1.02. The molecule has 1 N–H and O–H groups in total. The van der Waals surface area contributed by atoms with Crippen molar-refractivity contribution in [2.45, 2.75) is 65.4 Å². The smallest absolute Gasteiger partial charge is 0.242 e. The zero-order valence-corrected chi connectivity index (χ0v) is 19.6. The minimum atomic E-state index is -0.522. The lowest BCUT2D eigenvalue weighted by Crippen LogP contribution is -2.50. The topological polar surface area (TPSA) is 49.4 Å². The average molecular weight is 427 g/mol. The second-order valence-corrected chi connectivity index (χ2v) is 8.91. The van der Waals surface area contributed by atoms with E-state index in [4.69, 9.17) is 0 Å². The molecular weight excluding hydrogens is 392 g/mol. The number of nitrogens with one attached hydrogen (secondary N) is 1. The largest absolute Gasteiger partial charge is 0.352 e. The molecule has 2 aromatic rings. The summed E-state index contributed by atoms with van der Waals surface area (Å²) < 4.78 is 0. The number of thioether (sulfide) groups is 1. The summed E-state index contributed by atoms with van der Waals surface area (Å²) in [5, 5.41) is 3.01. The number of carbonyl (C=O) groups is 2. The Balaban J connectivity index is 2.09. The molecule has 2 aromatic carbocycles. The van der Waals surface area contributed by atoms with Crippen molar-refractivity contribution in [3.05, 3.63) is 70.8 Å². The van der Waals surface area contributed by atoms with Crippen molar-refractivity contribution in [2.24, 2.45) is 0 Å². The lowest BCUT2D eigenvalue weighted by atomic mass is 10.1. The first-order chi connectivity index (χ1) is 14.3. The lowest BCUT2D eigenvalue weighted by Gasteiger charge is -2.29. The minimum Gasteiger partial charge on any atom is -0.352 e. The van der Waals surface area contributed by atoms with E-state index in [1.54, 1.807) is 16.7 Å². The van der Waals surface area contributed by atoms with E-state index < -0.39 is 6.04 Å². The van der Waals surface area contributed by atoms with Crippen LogP contribution in [0.4, 0.5) is 0 Å². The summed E-state index contributed by atoms with van der Waals surface area (Å²) in [5.41, 5.74) is 4.65. The van der Waals surface area contributed by atoms with E-state index in [0.29, 0.717) is 12.3 Å². The highest BCUT2D eigenvalue weighted by atomic mass is 32.2. The van der Waals surface area contributed by atoms with Crippen molar-refractivity contribution in [1.29, 1.82) is 0 Å². The highest BCUT2D eigenvalue weighted by molar-refractivity contribution is 7.99. The molecule has 162 valence electrons. The standard InChI is InChI=1S/C25H34N2O2S/c1-6-20(4)26-25(29)21(5)27(15-22-12-9-10-18(2)14-22)24(28)17-30-16-23-13-8-7-11-19(23)3/h7-14,20-21H,6,15-17H2,1-5H3,(H,26,29)/t20-,21-/m0/s1. The van der Waals surface area contributed by atoms with E-state index in [0.717, 1.165) is 23.3 Å². The maximum atomic E-state index is 13.1. The molecular formula is C25H34N2O2S. The van der Waals surface area contributed by atoms with Gasteiger partial charge >= 0.3 is 0 Å². The Labute approximate surface area is 185 Å². The first kappa shape index (κ1) is 24.0. The number of nitrogens with zero attached hydrogens (tertiary/aromatic N) is 1. The Bertz CT molecular complexity index is 853. The molecule has 0 aliphatic rings. The van der Waals surface area contributed by atoms with Crippen molar-refractivity contribution in [3.8, 4) is 0 Å². The van der Waals surface area contributed by atoms with Gasteiger partial charge in [-0.3, -0.25) is 9.59 Å². The van der Waals surface area contributed by atoms with Gasteiger partial charge in [0.15, 0.2) is 0 Å². The summed E-state index contributed by atoms with van der Waals surface area (Å²) in [6.45, 7) is 10.4. The van der Waals surface area contributed by atoms with Gasteiger partial charge in [-0.15, -0.1) is 11.8 Å². The van der Waals surface area contributed by atoms with Crippen LogP contribution in [0.15, 0.2) is 48.5 Å². The number of aryl methyl sites for hydroxylation is 2. The zero-order valence-electron chi connectivity index (χ0n) is 18.8. The summed E-state index contributed by atoms with van der Waals surface area (Å²) in [7, 11) is 0. The monoisotopic (exact) mass is 426 g/mol. The number of rotatable bonds is 10. The van der Waals surface area contributed by atoms with Gasteiger partial charge in [0, 0.05) is 18.3 Å². The van der Waals surface area contributed by atoms with Crippen LogP contribution in [0.3, 0.4) is 0 Å². The molecule has 4 nitrogen and oxygen atoms in total. The quantitative estimate of drug-likeness (QED) is 0.590. The van der Waals surface area contributed by atoms with Crippen molar-refractivity contribution in [1.82, 2.24) is 10.2 Å². The van der Waals surface area contributed by atoms with Crippen LogP contribution in [0, 0.1) is 13.8 Å². The van der Waals surface area contributed by atoms with Crippen LogP contribution >= 0.6 is 11.8 Å². The first-order valence-corrected chi connectivity index (χ1v) is 11.7. The van der Waals surface area contributed by atoms with Crippen LogP contribution in [0.2, 0.25) is 0 Å². The molecule has 0 heterocycles. The highest BCUT2D eigenvalue weighted by Crippen LogP contribution is 2.18. The van der Waals surface area contributed by atoms with Crippen LogP contribution in [0.1, 0.15) is 49.4 Å². The van der Waals surface area contributed by atoms with E-state index in [2.05, 4.69) is 30.4 Å². The average Bonchev–Trinajstić information content (AvgIpc) is 2.72. The molecule has 5 heteroatoms. The lowest BCUT2D eigenvalue weighted by molar-refractivity contribution is -0.138. The van der Waals surface area contributed by atoms with Crippen molar-refractivity contribution in [2.75, 3.05) is 5.75 Å². The second-order valence-electron chi connectivity index (χ2n) is 7.92. The van der Waals surface area contributed by atoms with Gasteiger partial charge in [-0.2, -0.15) is 0 Å². The van der Waals surface area contributed by atoms with Gasteiger partial charge in [-0.1, -0.05) is 61.0 Å². The van der Waals surface area contributed by atoms with Crippen LogP contribution in [-0.4, -0.2) is 34.6 Å². The second kappa shape index (κ2) is 11.8. The van der Waals surface area contributed by atoms with Crippen LogP contribution in [0.5, 0.6) is 0 Å². The molecule has 2 rings (SSSR count). The highest BCUT2D eigenvalue weighted by Gasteiger charge is 2.26. The molecule has 0 fully saturated rings. The Hall–Kier alpha value is -2.27. The van der Waals surface area contributed by atoms with Crippen molar-refractivity contribution >= 4 is 23.6 Å². The summed E-state index contributed by atoms with van der Waals surface area (Å²) in [6.07, 6.45) is 0.858. The molecule has 0 saturated heterocycles. The van der Waals surface area contributed by atoms with E-state index >= 15 is 0 Å². The summed E-state index contributed by atoms with van der Waals surface area (Å²) >= 11 is 1.60. The molecule has 0 unspecified atom stereocenters. The van der Waals surface area contributed by atoms with Crippen molar-refractivity contribution in [3.63, 3.8) is 0 Å². The van der Waals surface area contributed by atoms with E-state index in [1.807, 2.05) is 58.0 Å². The number of carbonyl (C=O) groups excluding carboxylic acids is 2. The van der Waals surface area contributed by atoms with Gasteiger partial charge in [0.1, 0.15) is 6.04 Å². The van der Waals surface area contributed by atoms with Gasteiger partial charge in [0.2, 0.25) is 11.8 Å². The number of benzene rings is 2. The minimum absolute atomic E-state index is 0.0121. The molecule has 0 aliphatic carbocycles. The fourth-order valence-electron chi connectivity index (χ4n) is 3.16. The Morgan fingerprint density at radius 2 is 1.80 bits per heavy atom. The van der Waals surface area contributed by atoms with E-state index in [-0.39, 0.29) is 17.9 Å². The number of hydrogen-bond acceptors (Lipinski definition) is 3. The van der Waals surface area contributed by atoms with Crippen LogP contribution in [0.25, 0.3) is 0 Å². The van der Waals surface area contributed by atoms with Gasteiger partial charge in [0.05, 0.1) is 5.75 Å². The molecule has 0 saturated carbocycles. The molecule has 30 heavy (non-hydrogen) atoms. The third kappa shape index (κ3) is 7.21. The third-order valence-corrected chi connectivity index (χ3v) is 6.31. The molecule has 2 atom stereocenters. The normalized spacial score (nSPS) is 12.8. The summed E-state index contributed by atoms with van der Waals surface area (Å²) in [6, 6.07) is 15.9. The predicted octanol–water partition coefficient (Wildman–Crippen LogP) is 4.87. The predicted molar refractivity (Wildman–Crippen MR) is 126 cm³/mol. The fourth-order valence-corrected chi connectivity index (χ4v) is 4.14. The Kier molecular flexibility index (Phi) is 9.44. The first-order valence-electron chi connectivity index (χ1n) is 10.6. The molecule has 2 amide bonds. The van der Waals surface area contributed by atoms with Crippen molar-refractivity contribution < 1.29 is 9.59 Å². The van der Waals surface area contributed by atoms with Crippen LogP contribution in [-0.2, 0) is 21.9 Å². The molecule has 0 radical (unpaired) electrons. The van der Waals surface area contributed by atoms with Gasteiger partial charge in [-0.25, -0.2) is 0 Å². The molecule has 0 bridgehead atoms. The Morgan fingerprint density at radius 3 is 2.47 bits per heavy atom. The van der Waals surface area contributed by atoms with Crippen LogP contribution < -0.4 is 5.32 Å². The zero-order chi connectivity index (χ0) is 22.1. The van der Waals surface area contributed by atoms with Gasteiger partial charge in [0.25, 0.3) is 0 Å². The molecule has 0 spiro atoms. The maximum absolute atomic E-state index is 13.1. The maximum Gasteiger partial charge on any atom is 0.242 e. The molecule has 0 aliphatic heterocycles. The number of hydrogen-bond donors (Lipinski definition) is 1. The van der Waals surface area contributed by atoms with Gasteiger partial charge in [-0.05, 0) is 50.8 Å².